The number of rotatable bonds is 20. The Hall–Kier alpha value is -2.36. The number of esters is 1. The molecule has 250 valence electrons. The molecule has 1 aliphatic heterocycles. The number of hydrogen-bond acceptors (Lipinski definition) is 7. The lowest BCUT2D eigenvalue weighted by Crippen LogP contribution is -2.49. The van der Waals surface area contributed by atoms with Crippen LogP contribution in [0.25, 0.3) is 0 Å². The first-order valence-electron chi connectivity index (χ1n) is 16.1. The smallest absolute Gasteiger partial charge is 0.306 e. The molecule has 44 heavy (non-hydrogen) atoms. The first-order valence-corrected chi connectivity index (χ1v) is 19.0. The molecule has 0 radical (unpaired) electrons. The molecule has 1 fully saturated rings. The Balaban J connectivity index is 3.19. The zero-order valence-electron chi connectivity index (χ0n) is 28.8. The normalized spacial score (nSPS) is 18.5. The van der Waals surface area contributed by atoms with E-state index in [-0.39, 0.29) is 65.5 Å². The minimum atomic E-state index is -2.18. The molecule has 0 aromatic carbocycles. The monoisotopic (exact) mass is 633 g/mol. The van der Waals surface area contributed by atoms with Gasteiger partial charge in [0, 0.05) is 38.7 Å². The van der Waals surface area contributed by atoms with Crippen LogP contribution in [0, 0.1) is 17.8 Å². The molecule has 0 spiro atoms. The number of nitrogens with one attached hydrogen (secondary N) is 1. The van der Waals surface area contributed by atoms with Crippen molar-refractivity contribution in [3.8, 4) is 0 Å². The predicted octanol–water partition coefficient (Wildman–Crippen LogP) is 7.25. The maximum absolute atomic E-state index is 13.4. The van der Waals surface area contributed by atoms with Gasteiger partial charge in [-0.1, -0.05) is 52.8 Å². The van der Waals surface area contributed by atoms with E-state index < -0.39 is 20.3 Å². The average molecular weight is 634 g/mol. The number of piperidine rings is 1. The van der Waals surface area contributed by atoms with E-state index in [1.54, 1.807) is 13.2 Å². The fourth-order valence-corrected chi connectivity index (χ4v) is 6.71. The van der Waals surface area contributed by atoms with Crippen molar-refractivity contribution in [2.45, 2.75) is 136 Å². The van der Waals surface area contributed by atoms with E-state index in [1.165, 1.54) is 0 Å². The van der Waals surface area contributed by atoms with Gasteiger partial charge >= 0.3 is 5.97 Å². The van der Waals surface area contributed by atoms with Crippen LogP contribution < -0.4 is 5.32 Å². The van der Waals surface area contributed by atoms with E-state index in [0.717, 1.165) is 18.4 Å². The molecule has 0 aromatic rings. The summed E-state index contributed by atoms with van der Waals surface area (Å²) in [5.74, 6) is -1.62. The minimum Gasteiger partial charge on any atom is -0.457 e. The summed E-state index contributed by atoms with van der Waals surface area (Å²) in [7, 11) is -0.536. The molecule has 0 bridgehead atoms. The summed E-state index contributed by atoms with van der Waals surface area (Å²) in [5, 5.41) is 2.32. The topological polar surface area (TPSA) is 108 Å². The third kappa shape index (κ3) is 12.9. The van der Waals surface area contributed by atoms with E-state index in [0.29, 0.717) is 32.1 Å². The number of ketones is 1. The maximum Gasteiger partial charge on any atom is 0.306 e. The summed E-state index contributed by atoms with van der Waals surface area (Å²) in [5.41, 5.74) is 0.787. The summed E-state index contributed by atoms with van der Waals surface area (Å²) < 4.78 is 18.6. The van der Waals surface area contributed by atoms with E-state index in [9.17, 15) is 19.2 Å². The van der Waals surface area contributed by atoms with E-state index in [4.69, 9.17) is 13.9 Å². The molecule has 8 nitrogen and oxygen atoms in total. The number of carbonyl (C=O) groups is 4. The summed E-state index contributed by atoms with van der Waals surface area (Å²) in [6, 6.07) is 0. The van der Waals surface area contributed by atoms with Gasteiger partial charge in [-0.3, -0.25) is 24.5 Å². The Morgan fingerprint density at radius 2 is 1.66 bits per heavy atom. The molecular weight excluding hydrogens is 574 g/mol. The lowest BCUT2D eigenvalue weighted by atomic mass is 9.86. The summed E-state index contributed by atoms with van der Waals surface area (Å²) in [4.78, 5) is 49.8. The number of amides is 2. The number of ether oxygens (including phenoxy) is 2. The summed E-state index contributed by atoms with van der Waals surface area (Å²) in [6.07, 6.45) is 8.93. The highest BCUT2D eigenvalue weighted by atomic mass is 28.4. The Labute approximate surface area is 267 Å². The second kappa shape index (κ2) is 18.6. The first-order chi connectivity index (χ1) is 20.5. The van der Waals surface area contributed by atoms with Crippen molar-refractivity contribution in [1.82, 2.24) is 5.32 Å². The molecule has 0 aromatic heterocycles. The van der Waals surface area contributed by atoms with Crippen LogP contribution in [0.1, 0.15) is 99.3 Å². The second-order valence-corrected chi connectivity index (χ2v) is 18.6. The van der Waals surface area contributed by atoms with Crippen molar-refractivity contribution in [2.75, 3.05) is 7.11 Å². The zero-order chi connectivity index (χ0) is 33.7. The van der Waals surface area contributed by atoms with E-state index >= 15 is 0 Å². The van der Waals surface area contributed by atoms with Crippen molar-refractivity contribution in [3.05, 3.63) is 37.0 Å². The van der Waals surface area contributed by atoms with Gasteiger partial charge < -0.3 is 13.9 Å². The molecule has 1 N–H and O–H groups in total. The van der Waals surface area contributed by atoms with Crippen LogP contribution in [0.3, 0.4) is 0 Å². The summed E-state index contributed by atoms with van der Waals surface area (Å²) >= 11 is 0. The van der Waals surface area contributed by atoms with Crippen LogP contribution >= 0.6 is 0 Å². The summed E-state index contributed by atoms with van der Waals surface area (Å²) in [6.45, 7) is 24.4. The Kier molecular flexibility index (Phi) is 16.7. The van der Waals surface area contributed by atoms with Crippen molar-refractivity contribution < 1.29 is 33.1 Å². The lowest BCUT2D eigenvalue weighted by Gasteiger charge is -2.42. The SMILES string of the molecule is C=CCCCCC(=O)OC(/C(C)=C\[C@@H](C)[C@H](O[Si](C)(C)C(C)(C)C)[C@@H](C=C)OC)[C@H](C)C(=O)CCCC1CC(=O)NC(=O)C1. The molecule has 0 saturated carbocycles. The molecule has 9 heteroatoms. The molecule has 2 amide bonds. The highest BCUT2D eigenvalue weighted by molar-refractivity contribution is 6.74. The van der Waals surface area contributed by atoms with Gasteiger partial charge in [0.05, 0.1) is 12.0 Å². The van der Waals surface area contributed by atoms with Gasteiger partial charge in [-0.15, -0.1) is 13.2 Å². The third-order valence-corrected chi connectivity index (χ3v) is 13.6. The van der Waals surface area contributed by atoms with E-state index in [2.05, 4.69) is 59.3 Å². The highest BCUT2D eigenvalue weighted by Gasteiger charge is 2.42. The van der Waals surface area contributed by atoms with Crippen LogP contribution in [0.2, 0.25) is 18.1 Å². The number of imide groups is 1. The second-order valence-electron chi connectivity index (χ2n) is 13.9. The van der Waals surface area contributed by atoms with E-state index in [1.807, 2.05) is 26.0 Å². The van der Waals surface area contributed by atoms with Gasteiger partial charge in [-0.2, -0.15) is 0 Å². The molecule has 1 rings (SSSR count). The third-order valence-electron chi connectivity index (χ3n) is 9.08. The number of allylic oxidation sites excluding steroid dienone is 1. The lowest BCUT2D eigenvalue weighted by molar-refractivity contribution is -0.151. The number of carbonyl (C=O) groups excluding carboxylic acids is 4. The number of hydrogen-bond donors (Lipinski definition) is 1. The Morgan fingerprint density at radius 1 is 1.05 bits per heavy atom. The van der Waals surface area contributed by atoms with Gasteiger partial charge in [0.15, 0.2) is 8.32 Å². The van der Waals surface area contributed by atoms with Crippen molar-refractivity contribution >= 4 is 31.9 Å². The van der Waals surface area contributed by atoms with Crippen molar-refractivity contribution in [2.24, 2.45) is 17.8 Å². The van der Waals surface area contributed by atoms with Crippen LogP contribution in [-0.4, -0.2) is 57.3 Å². The van der Waals surface area contributed by atoms with Gasteiger partial charge in [-0.05, 0) is 68.7 Å². The van der Waals surface area contributed by atoms with Crippen LogP contribution in [0.4, 0.5) is 0 Å². The van der Waals surface area contributed by atoms with Gasteiger partial charge in [0.1, 0.15) is 18.0 Å². The van der Waals surface area contributed by atoms with Crippen LogP contribution in [0.5, 0.6) is 0 Å². The fourth-order valence-electron chi connectivity index (χ4n) is 5.33. The molecule has 0 aliphatic carbocycles. The molecule has 1 heterocycles. The first kappa shape index (κ1) is 39.7. The molecule has 1 unspecified atom stereocenters. The van der Waals surface area contributed by atoms with Crippen LogP contribution in [-0.2, 0) is 33.1 Å². The quantitative estimate of drug-likeness (QED) is 0.0495. The molecule has 1 saturated heterocycles. The van der Waals surface area contributed by atoms with Gasteiger partial charge in [0.2, 0.25) is 11.8 Å². The average Bonchev–Trinajstić information content (AvgIpc) is 2.92. The Bertz CT molecular complexity index is 1010. The van der Waals surface area contributed by atoms with Crippen molar-refractivity contribution in [1.29, 1.82) is 0 Å². The van der Waals surface area contributed by atoms with Gasteiger partial charge in [0.25, 0.3) is 0 Å². The number of unbranched alkanes of at least 4 members (excludes halogenated alkanes) is 2. The number of Topliss-reactive ketones (excluding diaryl/α,β-unsaturated/α-hetero) is 1. The van der Waals surface area contributed by atoms with Gasteiger partial charge in [-0.25, -0.2) is 0 Å². The Morgan fingerprint density at radius 3 is 2.18 bits per heavy atom. The number of methoxy groups -OCH3 is 1. The molecule has 1 aliphatic rings. The maximum atomic E-state index is 13.4. The zero-order valence-corrected chi connectivity index (χ0v) is 29.8. The minimum absolute atomic E-state index is 0.0114. The molecule has 5 atom stereocenters. The largest absolute Gasteiger partial charge is 0.457 e. The van der Waals surface area contributed by atoms with Crippen LogP contribution in [0.15, 0.2) is 37.0 Å². The molecular formula is C35H59NO7Si. The predicted molar refractivity (Wildman–Crippen MR) is 178 cm³/mol. The van der Waals surface area contributed by atoms with Crippen molar-refractivity contribution in [3.63, 3.8) is 0 Å². The standard InChI is InChI=1S/C35H59NO7Si/c1-12-14-15-16-20-32(40)42-33(26(5)28(37)19-17-18-27-22-30(38)36-31(39)23-27)24(3)21-25(4)34(29(13-2)41-9)43-44(10,11)35(6,7)8/h12-13,21,25-27,29,33-34H,1-2,14-20,22-23H2,3-11H3,(H,36,38,39)/b24-21-/t25-,26-,29-,33?,34+/m1/s1. The fraction of sp³-hybridized carbons (Fsp3) is 0.714. The highest BCUT2D eigenvalue weighted by Crippen LogP contribution is 2.39.